The molecule has 2 aliphatic carbocycles. The lowest BCUT2D eigenvalue weighted by Gasteiger charge is -2.47. The van der Waals surface area contributed by atoms with E-state index >= 15 is 0 Å². The third-order valence-corrected chi connectivity index (χ3v) is 8.70. The Morgan fingerprint density at radius 2 is 1.77 bits per heavy atom. The molecule has 3 aliphatic rings. The van der Waals surface area contributed by atoms with Crippen molar-refractivity contribution in [3.8, 4) is 11.3 Å². The highest BCUT2D eigenvalue weighted by atomic mass is 35.5. The summed E-state index contributed by atoms with van der Waals surface area (Å²) in [6, 6.07) is 12.3. The SMILES string of the molecule is Cn1ncc2ccc(N3CCC4(C=C(c5c(-c6c(Cl)cccc6Cl)noc5C5CC5)C4)CC3)cc21. The van der Waals surface area contributed by atoms with Gasteiger partial charge in [-0.15, -0.1) is 0 Å². The van der Waals surface area contributed by atoms with Crippen LogP contribution in [0, 0.1) is 5.41 Å². The number of rotatable bonds is 4. The molecule has 35 heavy (non-hydrogen) atoms. The third kappa shape index (κ3) is 3.51. The number of halogens is 2. The summed E-state index contributed by atoms with van der Waals surface area (Å²) in [5, 5.41) is 11.3. The summed E-state index contributed by atoms with van der Waals surface area (Å²) in [5.41, 5.74) is 6.77. The van der Waals surface area contributed by atoms with Gasteiger partial charge < -0.3 is 9.42 Å². The first-order valence-corrected chi connectivity index (χ1v) is 13.1. The number of benzene rings is 2. The molecule has 2 aromatic heterocycles. The van der Waals surface area contributed by atoms with Gasteiger partial charge in [0.05, 0.1) is 21.8 Å². The van der Waals surface area contributed by atoms with E-state index in [0.29, 0.717) is 16.0 Å². The maximum atomic E-state index is 6.57. The highest BCUT2D eigenvalue weighted by molar-refractivity contribution is 6.39. The van der Waals surface area contributed by atoms with Crippen LogP contribution >= 0.6 is 23.2 Å². The lowest BCUT2D eigenvalue weighted by atomic mass is 9.63. The number of hydrogen-bond donors (Lipinski definition) is 0. The molecule has 0 amide bonds. The Morgan fingerprint density at radius 3 is 2.49 bits per heavy atom. The van der Waals surface area contributed by atoms with Crippen LogP contribution in [0.1, 0.15) is 49.3 Å². The molecule has 0 bridgehead atoms. The summed E-state index contributed by atoms with van der Waals surface area (Å²) in [6.45, 7) is 2.10. The van der Waals surface area contributed by atoms with Crippen molar-refractivity contribution in [3.05, 3.63) is 70.0 Å². The summed E-state index contributed by atoms with van der Waals surface area (Å²) in [7, 11) is 2.00. The molecule has 0 radical (unpaired) electrons. The molecular formula is C28H26Cl2N4O. The van der Waals surface area contributed by atoms with Crippen molar-refractivity contribution >= 4 is 45.4 Å². The molecule has 1 spiro atoms. The monoisotopic (exact) mass is 504 g/mol. The number of allylic oxidation sites excluding steroid dienone is 2. The van der Waals surface area contributed by atoms with Crippen LogP contribution in [0.3, 0.4) is 0 Å². The first-order valence-electron chi connectivity index (χ1n) is 12.3. The fraction of sp³-hybridized carbons (Fsp3) is 0.357. The van der Waals surface area contributed by atoms with Crippen molar-refractivity contribution in [1.82, 2.24) is 14.9 Å². The van der Waals surface area contributed by atoms with Crippen LogP contribution < -0.4 is 4.90 Å². The Morgan fingerprint density at radius 1 is 1.03 bits per heavy atom. The van der Waals surface area contributed by atoms with Crippen molar-refractivity contribution in [3.63, 3.8) is 0 Å². The van der Waals surface area contributed by atoms with Crippen molar-refractivity contribution in [2.24, 2.45) is 12.5 Å². The quantitative estimate of drug-likeness (QED) is 0.288. The number of aromatic nitrogens is 3. The summed E-state index contributed by atoms with van der Waals surface area (Å²) in [6.07, 6.45) is 10.1. The lowest BCUT2D eigenvalue weighted by molar-refractivity contribution is 0.277. The number of nitrogens with zero attached hydrogens (tertiary/aromatic N) is 4. The number of anilines is 1. The zero-order chi connectivity index (χ0) is 23.7. The first-order chi connectivity index (χ1) is 17.0. The smallest absolute Gasteiger partial charge is 0.147 e. The summed E-state index contributed by atoms with van der Waals surface area (Å²) >= 11 is 13.1. The van der Waals surface area contributed by atoms with Gasteiger partial charge in [-0.3, -0.25) is 4.68 Å². The van der Waals surface area contributed by atoms with E-state index in [9.17, 15) is 0 Å². The molecule has 7 heteroatoms. The van der Waals surface area contributed by atoms with E-state index in [0.717, 1.165) is 67.8 Å². The van der Waals surface area contributed by atoms with Gasteiger partial charge in [-0.05, 0) is 73.4 Å². The molecule has 3 heterocycles. The van der Waals surface area contributed by atoms with Gasteiger partial charge in [-0.25, -0.2) is 0 Å². The van der Waals surface area contributed by atoms with Crippen LogP contribution in [0.25, 0.3) is 27.7 Å². The van der Waals surface area contributed by atoms with Crippen molar-refractivity contribution < 1.29 is 4.52 Å². The first kappa shape index (κ1) is 21.5. The van der Waals surface area contributed by atoms with E-state index in [-0.39, 0.29) is 5.41 Å². The van der Waals surface area contributed by atoms with Gasteiger partial charge in [0.2, 0.25) is 0 Å². The van der Waals surface area contributed by atoms with Crippen LogP contribution in [0.2, 0.25) is 10.0 Å². The third-order valence-electron chi connectivity index (χ3n) is 8.07. The summed E-state index contributed by atoms with van der Waals surface area (Å²) in [4.78, 5) is 2.51. The average Bonchev–Trinajstić information content (AvgIpc) is 3.50. The summed E-state index contributed by atoms with van der Waals surface area (Å²) in [5.74, 6) is 1.48. The Balaban J connectivity index is 1.16. The van der Waals surface area contributed by atoms with E-state index in [1.807, 2.05) is 36.1 Å². The van der Waals surface area contributed by atoms with Crippen molar-refractivity contribution in [2.75, 3.05) is 18.0 Å². The Bertz CT molecular complexity index is 1470. The zero-order valence-corrected chi connectivity index (χ0v) is 21.1. The van der Waals surface area contributed by atoms with Gasteiger partial charge in [0.15, 0.2) is 0 Å². The lowest BCUT2D eigenvalue weighted by Crippen LogP contribution is -2.42. The normalized spacial score (nSPS) is 19.3. The van der Waals surface area contributed by atoms with E-state index < -0.39 is 0 Å². The van der Waals surface area contributed by atoms with Crippen LogP contribution in [-0.4, -0.2) is 28.0 Å². The minimum absolute atomic E-state index is 0.252. The van der Waals surface area contributed by atoms with E-state index in [2.05, 4.69) is 39.4 Å². The number of fused-ring (bicyclic) bond motifs is 1. The Kier molecular flexibility index (Phi) is 4.84. The molecule has 1 aliphatic heterocycles. The van der Waals surface area contributed by atoms with Crippen molar-refractivity contribution in [1.29, 1.82) is 0 Å². The van der Waals surface area contributed by atoms with Gasteiger partial charge in [-0.2, -0.15) is 5.10 Å². The van der Waals surface area contributed by atoms with Crippen LogP contribution in [0.15, 0.2) is 53.2 Å². The fourth-order valence-electron chi connectivity index (χ4n) is 5.87. The fourth-order valence-corrected chi connectivity index (χ4v) is 6.45. The molecule has 0 atom stereocenters. The predicted molar refractivity (Wildman–Crippen MR) is 141 cm³/mol. The highest BCUT2D eigenvalue weighted by Gasteiger charge is 2.44. The minimum Gasteiger partial charge on any atom is -0.371 e. The van der Waals surface area contributed by atoms with Gasteiger partial charge >= 0.3 is 0 Å². The highest BCUT2D eigenvalue weighted by Crippen LogP contribution is 2.56. The molecule has 1 saturated carbocycles. The van der Waals surface area contributed by atoms with Gasteiger partial charge in [-0.1, -0.05) is 40.5 Å². The zero-order valence-electron chi connectivity index (χ0n) is 19.6. The molecule has 7 rings (SSSR count). The van der Waals surface area contributed by atoms with E-state index in [1.54, 1.807) is 0 Å². The Labute approximate surface area is 214 Å². The van der Waals surface area contributed by atoms with Gasteiger partial charge in [0, 0.05) is 48.3 Å². The number of hydrogen-bond acceptors (Lipinski definition) is 4. The van der Waals surface area contributed by atoms with E-state index in [4.69, 9.17) is 27.7 Å². The largest absolute Gasteiger partial charge is 0.371 e. The number of piperidine rings is 1. The van der Waals surface area contributed by atoms with Gasteiger partial charge in [0.25, 0.3) is 0 Å². The van der Waals surface area contributed by atoms with Crippen LogP contribution in [0.4, 0.5) is 5.69 Å². The second kappa shape index (κ2) is 7.87. The topological polar surface area (TPSA) is 47.1 Å². The van der Waals surface area contributed by atoms with Gasteiger partial charge in [0.1, 0.15) is 11.5 Å². The predicted octanol–water partition coefficient (Wildman–Crippen LogP) is 7.49. The van der Waals surface area contributed by atoms with Crippen molar-refractivity contribution in [2.45, 2.75) is 38.0 Å². The molecule has 1 saturated heterocycles. The van der Waals surface area contributed by atoms with Crippen LogP contribution in [0.5, 0.6) is 0 Å². The maximum absolute atomic E-state index is 6.57. The molecule has 2 fully saturated rings. The molecule has 0 N–H and O–H groups in total. The van der Waals surface area contributed by atoms with Crippen LogP contribution in [-0.2, 0) is 7.05 Å². The average molecular weight is 505 g/mol. The number of aryl methyl sites for hydroxylation is 1. The standard InChI is InChI=1S/C28H26Cl2N4O/c1-33-23-13-20(8-7-18(23)16-31-33)34-11-9-28(10-12-34)14-19(15-28)24-26(32-35-27(24)17-5-6-17)25-21(29)3-2-4-22(25)30/h2-4,7-8,13-14,16-17H,5-6,9-12,15H2,1H3. The Hall–Kier alpha value is -2.76. The minimum atomic E-state index is 0.252. The molecule has 5 nitrogen and oxygen atoms in total. The van der Waals surface area contributed by atoms with E-state index in [1.165, 1.54) is 22.2 Å². The molecule has 4 aromatic rings. The molecule has 0 unspecified atom stereocenters. The molecular weight excluding hydrogens is 479 g/mol. The second-order valence-corrected chi connectivity index (χ2v) is 11.2. The second-order valence-electron chi connectivity index (χ2n) is 10.3. The maximum Gasteiger partial charge on any atom is 0.147 e. The molecule has 178 valence electrons. The summed E-state index contributed by atoms with van der Waals surface area (Å²) < 4.78 is 7.86. The molecule has 2 aromatic carbocycles.